The molecule has 0 aliphatic carbocycles. The van der Waals surface area contributed by atoms with E-state index in [1.54, 1.807) is 0 Å². The zero-order valence-corrected chi connectivity index (χ0v) is 9.99. The Balaban J connectivity index is 4.01. The topological polar surface area (TPSA) is 24.7 Å². The van der Waals surface area contributed by atoms with Gasteiger partial charge in [0.1, 0.15) is 0 Å². The van der Waals surface area contributed by atoms with E-state index < -0.39 is 13.5 Å². The van der Waals surface area contributed by atoms with Crippen molar-refractivity contribution in [3.8, 4) is 0 Å². The molecule has 0 aromatic carbocycles. The van der Waals surface area contributed by atoms with Gasteiger partial charge in [0.15, 0.2) is 0 Å². The number of hydrogen-bond donors (Lipinski definition) is 0. The van der Waals surface area contributed by atoms with E-state index in [1.165, 1.54) is 0 Å². The Morgan fingerprint density at radius 1 is 1.00 bits per heavy atom. The monoisotopic (exact) mass is 204 g/mol. The third kappa shape index (κ3) is 8.14. The second kappa shape index (κ2) is 3.03. The number of nitrogens with zero attached hydrogens (tertiary/aromatic N) is 2. The number of hydrogen-bond acceptors (Lipinski definition) is 2. The van der Waals surface area contributed by atoms with Crippen molar-refractivity contribution in [1.82, 2.24) is 0 Å². The van der Waals surface area contributed by atoms with Crippen molar-refractivity contribution < 1.29 is 0 Å². The molecule has 2 nitrogen and oxygen atoms in total. The molecule has 0 rings (SSSR count). The second-order valence-electron chi connectivity index (χ2n) is 4.54. The molecule has 10 heavy (non-hydrogen) atoms. The summed E-state index contributed by atoms with van der Waals surface area (Å²) in [6, 6.07) is 0. The standard InChI is InChI=1S/C7H18GeN2/c1-7(2,3)9-10-8(4,5)6/h1-6H3. The van der Waals surface area contributed by atoms with E-state index in [1.807, 2.05) is 0 Å². The molecule has 0 heterocycles. The van der Waals surface area contributed by atoms with Crippen LogP contribution in [0.1, 0.15) is 20.8 Å². The van der Waals surface area contributed by atoms with Crippen LogP contribution in [0, 0.1) is 0 Å². The fourth-order valence-electron chi connectivity index (χ4n) is 0.300. The van der Waals surface area contributed by atoms with Gasteiger partial charge in [-0.2, -0.15) is 0 Å². The van der Waals surface area contributed by atoms with Crippen LogP contribution in [0.25, 0.3) is 0 Å². The van der Waals surface area contributed by atoms with E-state index in [0.717, 1.165) is 0 Å². The van der Waals surface area contributed by atoms with E-state index in [-0.39, 0.29) is 5.54 Å². The Bertz CT molecular complexity index is 112. The van der Waals surface area contributed by atoms with Crippen LogP contribution in [0.3, 0.4) is 0 Å². The zero-order valence-electron chi connectivity index (χ0n) is 7.89. The van der Waals surface area contributed by atoms with Crippen molar-refractivity contribution in [3.63, 3.8) is 0 Å². The summed E-state index contributed by atoms with van der Waals surface area (Å²) in [6.45, 7) is 6.22. The Kier molecular flexibility index (Phi) is 3.07. The Morgan fingerprint density at radius 3 is 1.50 bits per heavy atom. The summed E-state index contributed by atoms with van der Waals surface area (Å²) in [5.74, 6) is 6.69. The molecule has 0 spiro atoms. The first kappa shape index (κ1) is 10.1. The maximum absolute atomic E-state index is 4.34. The van der Waals surface area contributed by atoms with E-state index in [2.05, 4.69) is 47.2 Å². The van der Waals surface area contributed by atoms with Crippen LogP contribution >= 0.6 is 0 Å². The summed E-state index contributed by atoms with van der Waals surface area (Å²) in [4.78, 5) is 0. The van der Waals surface area contributed by atoms with Crippen molar-refractivity contribution in [1.29, 1.82) is 0 Å². The van der Waals surface area contributed by atoms with E-state index in [9.17, 15) is 0 Å². The van der Waals surface area contributed by atoms with Gasteiger partial charge in [-0.15, -0.1) is 0 Å². The van der Waals surface area contributed by atoms with Crippen molar-refractivity contribution in [2.24, 2.45) is 9.19 Å². The fraction of sp³-hybridized carbons (Fsp3) is 1.00. The van der Waals surface area contributed by atoms with Crippen LogP contribution in [0.15, 0.2) is 9.19 Å². The summed E-state index contributed by atoms with van der Waals surface area (Å²) >= 11 is -1.75. The molecular formula is C7H18GeN2. The molecule has 0 unspecified atom stereocenters. The van der Waals surface area contributed by atoms with Gasteiger partial charge >= 0.3 is 66.3 Å². The minimum absolute atomic E-state index is 0.0124. The van der Waals surface area contributed by atoms with E-state index >= 15 is 0 Å². The molecular weight excluding hydrogens is 185 g/mol. The molecule has 0 saturated heterocycles. The molecule has 0 saturated carbocycles. The third-order valence-electron chi connectivity index (χ3n) is 0.650. The predicted molar refractivity (Wildman–Crippen MR) is 48.0 cm³/mol. The summed E-state index contributed by atoms with van der Waals surface area (Å²) < 4.78 is 4.34. The quantitative estimate of drug-likeness (QED) is 0.462. The molecule has 0 aliphatic heterocycles. The predicted octanol–water partition coefficient (Wildman–Crippen LogP) is 3.07. The molecule has 0 aromatic rings. The molecule has 0 bridgehead atoms. The molecule has 0 atom stereocenters. The van der Waals surface area contributed by atoms with Gasteiger partial charge in [0.25, 0.3) is 0 Å². The summed E-state index contributed by atoms with van der Waals surface area (Å²) in [5, 5.41) is 4.24. The van der Waals surface area contributed by atoms with Crippen molar-refractivity contribution in [2.75, 3.05) is 0 Å². The SMILES string of the molecule is CC(C)(C)N=[N][Ge]([CH3])([CH3])[CH3]. The van der Waals surface area contributed by atoms with Crippen molar-refractivity contribution in [2.45, 2.75) is 43.6 Å². The van der Waals surface area contributed by atoms with Gasteiger partial charge in [0.05, 0.1) is 0 Å². The summed E-state index contributed by atoms with van der Waals surface area (Å²) in [6.07, 6.45) is 0. The molecule has 0 fully saturated rings. The van der Waals surface area contributed by atoms with Crippen LogP contribution in [0.4, 0.5) is 0 Å². The molecule has 60 valence electrons. The average molecular weight is 203 g/mol. The molecule has 0 aromatic heterocycles. The molecule has 0 aliphatic rings. The van der Waals surface area contributed by atoms with Crippen molar-refractivity contribution >= 4 is 13.5 Å². The van der Waals surface area contributed by atoms with Crippen molar-refractivity contribution in [3.05, 3.63) is 0 Å². The van der Waals surface area contributed by atoms with Crippen LogP contribution in [0.5, 0.6) is 0 Å². The first-order valence-electron chi connectivity index (χ1n) is 3.65. The fourth-order valence-corrected chi connectivity index (χ4v) is 1.56. The number of rotatable bonds is 1. The van der Waals surface area contributed by atoms with Gasteiger partial charge in [-0.1, -0.05) is 0 Å². The van der Waals surface area contributed by atoms with Gasteiger partial charge in [0.2, 0.25) is 0 Å². The summed E-state index contributed by atoms with van der Waals surface area (Å²) in [5.41, 5.74) is 0.0124. The van der Waals surface area contributed by atoms with Crippen LogP contribution < -0.4 is 0 Å². The molecule has 0 amide bonds. The Morgan fingerprint density at radius 2 is 1.40 bits per heavy atom. The molecule has 3 heteroatoms. The average Bonchev–Trinajstić information content (AvgIpc) is 1.57. The van der Waals surface area contributed by atoms with E-state index in [4.69, 9.17) is 0 Å². The first-order valence-corrected chi connectivity index (χ1v) is 10.9. The van der Waals surface area contributed by atoms with Gasteiger partial charge in [-0.05, 0) is 0 Å². The summed E-state index contributed by atoms with van der Waals surface area (Å²) in [7, 11) is 0. The maximum atomic E-state index is 4.34. The van der Waals surface area contributed by atoms with Gasteiger partial charge in [0, 0.05) is 0 Å². The third-order valence-corrected chi connectivity index (χ3v) is 2.12. The Hall–Kier alpha value is 0.143. The van der Waals surface area contributed by atoms with Crippen LogP contribution in [-0.2, 0) is 0 Å². The van der Waals surface area contributed by atoms with E-state index in [0.29, 0.717) is 0 Å². The first-order chi connectivity index (χ1) is 4.21. The van der Waals surface area contributed by atoms with Gasteiger partial charge in [-0.3, -0.25) is 0 Å². The molecule has 0 radical (unpaired) electrons. The second-order valence-corrected chi connectivity index (χ2v) is 14.1. The van der Waals surface area contributed by atoms with Gasteiger partial charge < -0.3 is 0 Å². The normalized spacial score (nSPS) is 14.6. The van der Waals surface area contributed by atoms with Gasteiger partial charge in [-0.25, -0.2) is 0 Å². The van der Waals surface area contributed by atoms with Crippen LogP contribution in [0.2, 0.25) is 17.3 Å². The molecule has 0 N–H and O–H groups in total. The van der Waals surface area contributed by atoms with Crippen LogP contribution in [-0.4, -0.2) is 19.0 Å². The Labute approximate surface area is 66.7 Å². The zero-order chi connectivity index (χ0) is 8.41. The minimum atomic E-state index is -1.75.